The minimum absolute atomic E-state index is 0.115. The summed E-state index contributed by atoms with van der Waals surface area (Å²) in [5.74, 6) is 0.642. The summed E-state index contributed by atoms with van der Waals surface area (Å²) < 4.78 is 4.67. The van der Waals surface area contributed by atoms with Crippen molar-refractivity contribution in [1.82, 2.24) is 30.2 Å². The molecule has 1 saturated heterocycles. The lowest BCUT2D eigenvalue weighted by molar-refractivity contribution is -0.134. The van der Waals surface area contributed by atoms with Crippen LogP contribution in [0.15, 0.2) is 67.3 Å². The van der Waals surface area contributed by atoms with Crippen LogP contribution in [0.5, 0.6) is 0 Å². The van der Waals surface area contributed by atoms with Crippen LogP contribution in [0, 0.1) is 0 Å². The van der Waals surface area contributed by atoms with Gasteiger partial charge in [-0.1, -0.05) is 55.5 Å². The molecule has 9 heteroatoms. The Balaban J connectivity index is 1.29. The molecule has 0 bridgehead atoms. The van der Waals surface area contributed by atoms with Gasteiger partial charge in [0, 0.05) is 6.54 Å². The number of rotatable bonds is 7. The molecule has 1 fully saturated rings. The number of ether oxygens (including phenoxy) is 1. The van der Waals surface area contributed by atoms with Crippen molar-refractivity contribution in [3.05, 3.63) is 73.1 Å². The highest BCUT2D eigenvalue weighted by Crippen LogP contribution is 2.33. The van der Waals surface area contributed by atoms with Gasteiger partial charge < -0.3 is 24.9 Å². The normalized spacial score (nSPS) is 15.9. The van der Waals surface area contributed by atoms with Crippen LogP contribution >= 0.6 is 0 Å². The van der Waals surface area contributed by atoms with Crippen molar-refractivity contribution in [1.29, 1.82) is 0 Å². The Hall–Kier alpha value is -4.40. The van der Waals surface area contributed by atoms with Gasteiger partial charge in [-0.05, 0) is 41.5 Å². The Morgan fingerprint density at radius 3 is 2.27 bits per heavy atom. The zero-order valence-electron chi connectivity index (χ0n) is 20.9. The fourth-order valence-corrected chi connectivity index (χ4v) is 4.81. The average molecular weight is 499 g/mol. The Kier molecular flexibility index (Phi) is 7.02. The van der Waals surface area contributed by atoms with Crippen molar-refractivity contribution in [2.24, 2.45) is 0 Å². The molecular formula is C28H30N6O3. The number of carbonyl (C=O) groups excluding carboxylic acids is 2. The maximum atomic E-state index is 13.2. The summed E-state index contributed by atoms with van der Waals surface area (Å²) in [4.78, 5) is 41.9. The highest BCUT2D eigenvalue weighted by atomic mass is 16.5. The van der Waals surface area contributed by atoms with Crippen molar-refractivity contribution in [3.8, 4) is 33.6 Å². The van der Waals surface area contributed by atoms with Crippen molar-refractivity contribution >= 4 is 12.0 Å². The van der Waals surface area contributed by atoms with Crippen LogP contribution < -0.4 is 5.32 Å². The molecule has 9 nitrogen and oxygen atoms in total. The number of alkyl carbamates (subject to hydrolysis) is 1. The minimum Gasteiger partial charge on any atom is -0.453 e. The SMILES string of the molecule is CCC(NC(=O)OC)C(=O)N1CCCC1c1ncc(-c2ccc(-c3ccc(-c4cnc[nH]4)cc3)cc2)[nH]1. The lowest BCUT2D eigenvalue weighted by Crippen LogP contribution is -2.48. The molecule has 2 aromatic heterocycles. The number of benzene rings is 2. The average Bonchev–Trinajstić information content (AvgIpc) is 3.73. The van der Waals surface area contributed by atoms with E-state index in [0.717, 1.165) is 52.3 Å². The second-order valence-corrected chi connectivity index (χ2v) is 9.09. The topological polar surface area (TPSA) is 116 Å². The van der Waals surface area contributed by atoms with E-state index in [1.54, 1.807) is 6.33 Å². The number of amides is 2. The number of aromatic nitrogens is 4. The molecule has 2 unspecified atom stereocenters. The highest BCUT2D eigenvalue weighted by molar-refractivity contribution is 5.86. The number of imidazole rings is 2. The number of H-pyrrole nitrogens is 2. The summed E-state index contributed by atoms with van der Waals surface area (Å²) in [6.07, 6.45) is 6.89. The number of hydrogen-bond donors (Lipinski definition) is 3. The molecule has 5 rings (SSSR count). The molecule has 2 aromatic carbocycles. The fourth-order valence-electron chi connectivity index (χ4n) is 4.81. The van der Waals surface area contributed by atoms with E-state index in [2.05, 4.69) is 78.5 Å². The Morgan fingerprint density at radius 2 is 1.68 bits per heavy atom. The highest BCUT2D eigenvalue weighted by Gasteiger charge is 2.35. The van der Waals surface area contributed by atoms with Crippen molar-refractivity contribution in [2.45, 2.75) is 38.3 Å². The van der Waals surface area contributed by atoms with E-state index >= 15 is 0 Å². The van der Waals surface area contributed by atoms with Gasteiger partial charge in [0.25, 0.3) is 0 Å². The molecular weight excluding hydrogens is 468 g/mol. The van der Waals surface area contributed by atoms with Crippen LogP contribution in [-0.4, -0.2) is 56.5 Å². The Morgan fingerprint density at radius 1 is 1.03 bits per heavy atom. The summed E-state index contributed by atoms with van der Waals surface area (Å²) in [6.45, 7) is 2.50. The third kappa shape index (κ3) is 5.11. The number of carbonyl (C=O) groups is 2. The molecule has 0 saturated carbocycles. The predicted molar refractivity (Wildman–Crippen MR) is 140 cm³/mol. The first-order chi connectivity index (χ1) is 18.1. The van der Waals surface area contributed by atoms with Gasteiger partial charge in [0.15, 0.2) is 0 Å². The number of nitrogens with one attached hydrogen (secondary N) is 3. The molecule has 190 valence electrons. The summed E-state index contributed by atoms with van der Waals surface area (Å²) in [5, 5.41) is 2.64. The smallest absolute Gasteiger partial charge is 0.407 e. The number of hydrogen-bond acceptors (Lipinski definition) is 5. The molecule has 3 heterocycles. The van der Waals surface area contributed by atoms with Crippen LogP contribution in [0.3, 0.4) is 0 Å². The number of aromatic amines is 2. The van der Waals surface area contributed by atoms with E-state index in [-0.39, 0.29) is 11.9 Å². The zero-order chi connectivity index (χ0) is 25.8. The van der Waals surface area contributed by atoms with Crippen LogP contribution in [-0.2, 0) is 9.53 Å². The summed E-state index contributed by atoms with van der Waals surface area (Å²) in [5.41, 5.74) is 6.25. The molecule has 0 radical (unpaired) electrons. The molecule has 1 aliphatic heterocycles. The third-order valence-corrected chi connectivity index (χ3v) is 6.85. The number of likely N-dealkylation sites (tertiary alicyclic amines) is 1. The Labute approximate surface area is 215 Å². The van der Waals surface area contributed by atoms with Crippen molar-refractivity contribution in [3.63, 3.8) is 0 Å². The third-order valence-electron chi connectivity index (χ3n) is 6.85. The summed E-state index contributed by atoms with van der Waals surface area (Å²) >= 11 is 0. The number of methoxy groups -OCH3 is 1. The quantitative estimate of drug-likeness (QED) is 0.334. The van der Waals surface area contributed by atoms with Crippen LogP contribution in [0.4, 0.5) is 4.79 Å². The van der Waals surface area contributed by atoms with Crippen LogP contribution in [0.2, 0.25) is 0 Å². The largest absolute Gasteiger partial charge is 0.453 e. The molecule has 2 atom stereocenters. The second kappa shape index (κ2) is 10.7. The summed E-state index contributed by atoms with van der Waals surface area (Å²) in [6, 6.07) is 15.9. The van der Waals surface area contributed by atoms with E-state index in [1.807, 2.05) is 24.2 Å². The van der Waals surface area contributed by atoms with E-state index in [4.69, 9.17) is 0 Å². The van der Waals surface area contributed by atoms with Gasteiger partial charge in [0.2, 0.25) is 5.91 Å². The maximum absolute atomic E-state index is 13.2. The lowest BCUT2D eigenvalue weighted by Gasteiger charge is -2.27. The summed E-state index contributed by atoms with van der Waals surface area (Å²) in [7, 11) is 1.29. The lowest BCUT2D eigenvalue weighted by atomic mass is 10.0. The van der Waals surface area contributed by atoms with E-state index < -0.39 is 12.1 Å². The fraction of sp³-hybridized carbons (Fsp3) is 0.286. The predicted octanol–water partition coefficient (Wildman–Crippen LogP) is 4.93. The van der Waals surface area contributed by atoms with Crippen LogP contribution in [0.1, 0.15) is 38.1 Å². The molecule has 3 N–H and O–H groups in total. The zero-order valence-corrected chi connectivity index (χ0v) is 20.9. The molecule has 0 spiro atoms. The molecule has 0 aliphatic carbocycles. The van der Waals surface area contributed by atoms with Gasteiger partial charge >= 0.3 is 6.09 Å². The van der Waals surface area contributed by atoms with E-state index in [1.165, 1.54) is 7.11 Å². The molecule has 1 aliphatic rings. The van der Waals surface area contributed by atoms with E-state index in [9.17, 15) is 9.59 Å². The molecule has 4 aromatic rings. The Bertz CT molecular complexity index is 1350. The van der Waals surface area contributed by atoms with Crippen molar-refractivity contribution < 1.29 is 14.3 Å². The van der Waals surface area contributed by atoms with Gasteiger partial charge in [-0.25, -0.2) is 14.8 Å². The van der Waals surface area contributed by atoms with Gasteiger partial charge in [-0.3, -0.25) is 4.79 Å². The molecule has 2 amide bonds. The molecule has 37 heavy (non-hydrogen) atoms. The monoisotopic (exact) mass is 498 g/mol. The van der Waals surface area contributed by atoms with Crippen molar-refractivity contribution in [2.75, 3.05) is 13.7 Å². The first-order valence-electron chi connectivity index (χ1n) is 12.5. The van der Waals surface area contributed by atoms with Gasteiger partial charge in [0.1, 0.15) is 11.9 Å². The maximum Gasteiger partial charge on any atom is 0.407 e. The van der Waals surface area contributed by atoms with Crippen LogP contribution in [0.25, 0.3) is 33.6 Å². The number of nitrogens with zero attached hydrogens (tertiary/aromatic N) is 3. The van der Waals surface area contributed by atoms with Gasteiger partial charge in [0.05, 0.1) is 43.3 Å². The van der Waals surface area contributed by atoms with Gasteiger partial charge in [-0.2, -0.15) is 0 Å². The first-order valence-corrected chi connectivity index (χ1v) is 12.5. The first kappa shape index (κ1) is 24.3. The standard InChI is InChI=1S/C28H30N6O3/c1-3-22(33-28(36)37-2)27(35)34-14-4-5-25(34)26-30-16-24(32-26)21-12-8-19(9-13-21)18-6-10-20(11-7-18)23-15-29-17-31-23/h6-13,15-17,22,25H,3-5,14H2,1-2H3,(H,29,31)(H,30,32)(H,33,36). The minimum atomic E-state index is -0.622. The second-order valence-electron chi connectivity index (χ2n) is 9.09. The van der Waals surface area contributed by atoms with E-state index in [0.29, 0.717) is 13.0 Å². The van der Waals surface area contributed by atoms with Gasteiger partial charge in [-0.15, -0.1) is 0 Å².